The molecule has 5 heteroatoms. The molecule has 1 heterocycles. The molecule has 1 aromatic carbocycles. The molecule has 1 aromatic rings. The number of rotatable bonds is 1. The normalized spacial score (nSPS) is 23.7. The van der Waals surface area contributed by atoms with E-state index in [-0.39, 0.29) is 11.7 Å². The molecule has 3 nitrogen and oxygen atoms in total. The Morgan fingerprint density at radius 2 is 2.12 bits per heavy atom. The molecule has 2 rings (SSSR count). The fraction of sp³-hybridized carbons (Fsp3) is 0.455. The van der Waals surface area contributed by atoms with Gasteiger partial charge in [0.15, 0.2) is 0 Å². The minimum absolute atomic E-state index is 0.193. The summed E-state index contributed by atoms with van der Waals surface area (Å²) in [7, 11) is -3.12. The molecule has 0 aliphatic carbocycles. The standard InChI is InChI=1S/C11H14BrNO2S/c1-8-3-4-11(10(12)5-8)13-6-9(2)7-16(13,14)15/h3-5,9H,6-7H2,1-2H3. The number of anilines is 1. The molecule has 0 saturated carbocycles. The molecule has 1 saturated heterocycles. The number of aryl methyl sites for hydroxylation is 1. The van der Waals surface area contributed by atoms with E-state index >= 15 is 0 Å². The van der Waals surface area contributed by atoms with Crippen LogP contribution in [0.3, 0.4) is 0 Å². The predicted octanol–water partition coefficient (Wildman–Crippen LogP) is 2.54. The van der Waals surface area contributed by atoms with E-state index in [9.17, 15) is 8.42 Å². The quantitative estimate of drug-likeness (QED) is 0.799. The van der Waals surface area contributed by atoms with Gasteiger partial charge in [-0.1, -0.05) is 13.0 Å². The first kappa shape index (κ1) is 11.9. The third kappa shape index (κ3) is 2.11. The SMILES string of the molecule is Cc1ccc(N2CC(C)CS2(=O)=O)c(Br)c1. The average Bonchev–Trinajstić information content (AvgIpc) is 2.39. The van der Waals surface area contributed by atoms with Gasteiger partial charge in [-0.3, -0.25) is 4.31 Å². The molecule has 1 aliphatic rings. The summed E-state index contributed by atoms with van der Waals surface area (Å²) in [6.07, 6.45) is 0. The Morgan fingerprint density at radius 3 is 2.62 bits per heavy atom. The summed E-state index contributed by atoms with van der Waals surface area (Å²) in [5, 5.41) is 0. The largest absolute Gasteiger partial charge is 0.269 e. The zero-order valence-electron chi connectivity index (χ0n) is 9.27. The second-order valence-electron chi connectivity index (χ2n) is 4.37. The van der Waals surface area contributed by atoms with E-state index in [0.717, 1.165) is 15.7 Å². The van der Waals surface area contributed by atoms with Gasteiger partial charge < -0.3 is 0 Å². The maximum Gasteiger partial charge on any atom is 0.235 e. The zero-order valence-corrected chi connectivity index (χ0v) is 11.7. The molecule has 88 valence electrons. The lowest BCUT2D eigenvalue weighted by atomic mass is 10.2. The van der Waals surface area contributed by atoms with Crippen molar-refractivity contribution in [3.05, 3.63) is 28.2 Å². The molecule has 0 spiro atoms. The van der Waals surface area contributed by atoms with Crippen LogP contribution in [0.15, 0.2) is 22.7 Å². The number of sulfonamides is 1. The lowest BCUT2D eigenvalue weighted by Crippen LogP contribution is -2.25. The van der Waals surface area contributed by atoms with E-state index in [2.05, 4.69) is 15.9 Å². The smallest absolute Gasteiger partial charge is 0.235 e. The monoisotopic (exact) mass is 303 g/mol. The number of halogens is 1. The van der Waals surface area contributed by atoms with Gasteiger partial charge in [-0.2, -0.15) is 0 Å². The van der Waals surface area contributed by atoms with Crippen molar-refractivity contribution >= 4 is 31.6 Å². The Morgan fingerprint density at radius 1 is 1.44 bits per heavy atom. The summed E-state index contributed by atoms with van der Waals surface area (Å²) in [6, 6.07) is 5.72. The fourth-order valence-electron chi connectivity index (χ4n) is 1.96. The minimum atomic E-state index is -3.12. The van der Waals surface area contributed by atoms with Crippen molar-refractivity contribution in [1.82, 2.24) is 0 Å². The van der Waals surface area contributed by atoms with Crippen LogP contribution in [0, 0.1) is 12.8 Å². The molecule has 1 unspecified atom stereocenters. The van der Waals surface area contributed by atoms with Gasteiger partial charge in [0.1, 0.15) is 0 Å². The highest BCUT2D eigenvalue weighted by molar-refractivity contribution is 9.10. The first-order chi connectivity index (χ1) is 7.40. The van der Waals surface area contributed by atoms with E-state index in [0.29, 0.717) is 6.54 Å². The van der Waals surface area contributed by atoms with Crippen LogP contribution < -0.4 is 4.31 Å². The van der Waals surface area contributed by atoms with E-state index in [1.165, 1.54) is 4.31 Å². The van der Waals surface area contributed by atoms with Crippen molar-refractivity contribution < 1.29 is 8.42 Å². The average molecular weight is 304 g/mol. The lowest BCUT2D eigenvalue weighted by molar-refractivity contribution is 0.598. The molecular weight excluding hydrogens is 290 g/mol. The van der Waals surface area contributed by atoms with Crippen LogP contribution >= 0.6 is 15.9 Å². The highest BCUT2D eigenvalue weighted by atomic mass is 79.9. The van der Waals surface area contributed by atoms with Crippen LogP contribution in [0.5, 0.6) is 0 Å². The van der Waals surface area contributed by atoms with E-state index in [1.54, 1.807) is 0 Å². The second-order valence-corrected chi connectivity index (χ2v) is 7.16. The first-order valence-electron chi connectivity index (χ1n) is 5.17. The van der Waals surface area contributed by atoms with Crippen molar-refractivity contribution in [2.45, 2.75) is 13.8 Å². The van der Waals surface area contributed by atoms with Crippen LogP contribution in [0.1, 0.15) is 12.5 Å². The minimum Gasteiger partial charge on any atom is -0.269 e. The molecule has 0 N–H and O–H groups in total. The Bertz CT molecular complexity index is 513. The van der Waals surface area contributed by atoms with E-state index in [4.69, 9.17) is 0 Å². The summed E-state index contributed by atoms with van der Waals surface area (Å²) >= 11 is 3.42. The molecular formula is C11H14BrNO2S. The third-order valence-corrected chi connectivity index (χ3v) is 5.32. The van der Waals surface area contributed by atoms with Gasteiger partial charge in [-0.15, -0.1) is 0 Å². The van der Waals surface area contributed by atoms with Gasteiger partial charge in [-0.05, 0) is 46.5 Å². The predicted molar refractivity (Wildman–Crippen MR) is 69.2 cm³/mol. The van der Waals surface area contributed by atoms with Crippen molar-refractivity contribution in [1.29, 1.82) is 0 Å². The lowest BCUT2D eigenvalue weighted by Gasteiger charge is -2.18. The Labute approximate surface area is 105 Å². The van der Waals surface area contributed by atoms with Gasteiger partial charge in [0.2, 0.25) is 10.0 Å². The molecule has 0 aromatic heterocycles. The van der Waals surface area contributed by atoms with E-state index in [1.807, 2.05) is 32.0 Å². The van der Waals surface area contributed by atoms with Gasteiger partial charge in [0.25, 0.3) is 0 Å². The molecule has 0 bridgehead atoms. The summed E-state index contributed by atoms with van der Waals surface area (Å²) in [4.78, 5) is 0. The third-order valence-electron chi connectivity index (χ3n) is 2.68. The Kier molecular flexibility index (Phi) is 3.01. The van der Waals surface area contributed by atoms with Gasteiger partial charge in [-0.25, -0.2) is 8.42 Å². The Hall–Kier alpha value is -0.550. The second kappa shape index (κ2) is 4.04. The number of benzene rings is 1. The van der Waals surface area contributed by atoms with Crippen molar-refractivity contribution in [2.24, 2.45) is 5.92 Å². The van der Waals surface area contributed by atoms with Gasteiger partial charge in [0, 0.05) is 11.0 Å². The number of nitrogens with zero attached hydrogens (tertiary/aromatic N) is 1. The van der Waals surface area contributed by atoms with Crippen molar-refractivity contribution in [3.63, 3.8) is 0 Å². The molecule has 1 aliphatic heterocycles. The molecule has 0 amide bonds. The molecule has 1 atom stereocenters. The van der Waals surface area contributed by atoms with Crippen LogP contribution in [0.4, 0.5) is 5.69 Å². The first-order valence-corrected chi connectivity index (χ1v) is 7.57. The molecule has 16 heavy (non-hydrogen) atoms. The Balaban J connectivity index is 2.45. The van der Waals surface area contributed by atoms with E-state index < -0.39 is 10.0 Å². The van der Waals surface area contributed by atoms with Crippen LogP contribution in [0.2, 0.25) is 0 Å². The van der Waals surface area contributed by atoms with Crippen LogP contribution in [0.25, 0.3) is 0 Å². The van der Waals surface area contributed by atoms with Crippen LogP contribution in [-0.2, 0) is 10.0 Å². The maximum atomic E-state index is 11.9. The number of hydrogen-bond donors (Lipinski definition) is 0. The summed E-state index contributed by atoms with van der Waals surface area (Å²) in [6.45, 7) is 4.51. The molecule has 1 fully saturated rings. The summed E-state index contributed by atoms with van der Waals surface area (Å²) < 4.78 is 26.2. The zero-order chi connectivity index (χ0) is 11.9. The molecule has 0 radical (unpaired) electrons. The van der Waals surface area contributed by atoms with Crippen LogP contribution in [-0.4, -0.2) is 20.7 Å². The van der Waals surface area contributed by atoms with Crippen molar-refractivity contribution in [2.75, 3.05) is 16.6 Å². The van der Waals surface area contributed by atoms with Gasteiger partial charge in [0.05, 0.1) is 11.4 Å². The highest BCUT2D eigenvalue weighted by Gasteiger charge is 2.34. The van der Waals surface area contributed by atoms with Gasteiger partial charge >= 0.3 is 0 Å². The maximum absolute atomic E-state index is 11.9. The topological polar surface area (TPSA) is 37.4 Å². The number of hydrogen-bond acceptors (Lipinski definition) is 2. The summed E-state index contributed by atoms with van der Waals surface area (Å²) in [5.74, 6) is 0.436. The van der Waals surface area contributed by atoms with Crippen molar-refractivity contribution in [3.8, 4) is 0 Å². The fourth-order valence-corrected chi connectivity index (χ4v) is 4.73. The highest BCUT2D eigenvalue weighted by Crippen LogP contribution is 2.33. The summed E-state index contributed by atoms with van der Waals surface area (Å²) in [5.41, 5.74) is 1.86.